The summed E-state index contributed by atoms with van der Waals surface area (Å²) in [6, 6.07) is 11.1. The Kier molecular flexibility index (Phi) is 5.81. The molecule has 0 bridgehead atoms. The SMILES string of the molecule is COC(=O)C[C@@H](NS(=O)(=O)c1ccc2c(c1)CCC(=O)N2)c1ccc(C)cc1. The van der Waals surface area contributed by atoms with Crippen LogP contribution in [0.3, 0.4) is 0 Å². The van der Waals surface area contributed by atoms with Crippen molar-refractivity contribution in [3.8, 4) is 0 Å². The van der Waals surface area contributed by atoms with Crippen LogP contribution in [0.1, 0.15) is 35.6 Å². The summed E-state index contributed by atoms with van der Waals surface area (Å²) in [4.78, 5) is 23.4. The fourth-order valence-corrected chi connectivity index (χ4v) is 4.33. The third kappa shape index (κ3) is 4.58. The third-order valence-corrected chi connectivity index (χ3v) is 6.13. The van der Waals surface area contributed by atoms with E-state index in [0.29, 0.717) is 24.1 Å². The Morgan fingerprint density at radius 3 is 2.57 bits per heavy atom. The van der Waals surface area contributed by atoms with Crippen LogP contribution in [0.2, 0.25) is 0 Å². The Balaban J connectivity index is 1.89. The molecule has 148 valence electrons. The third-order valence-electron chi connectivity index (χ3n) is 4.66. The molecule has 2 N–H and O–H groups in total. The van der Waals surface area contributed by atoms with Crippen LogP contribution in [-0.4, -0.2) is 27.4 Å². The largest absolute Gasteiger partial charge is 0.469 e. The minimum atomic E-state index is -3.89. The molecule has 0 saturated carbocycles. The van der Waals surface area contributed by atoms with Crippen LogP contribution in [-0.2, 0) is 30.8 Å². The summed E-state index contributed by atoms with van der Waals surface area (Å²) in [7, 11) is -2.62. The van der Waals surface area contributed by atoms with Gasteiger partial charge >= 0.3 is 5.97 Å². The lowest BCUT2D eigenvalue weighted by atomic mass is 10.0. The molecule has 3 rings (SSSR count). The maximum absolute atomic E-state index is 13.0. The fraction of sp³-hybridized carbons (Fsp3) is 0.300. The van der Waals surface area contributed by atoms with E-state index in [1.165, 1.54) is 13.2 Å². The molecule has 0 aromatic heterocycles. The highest BCUT2D eigenvalue weighted by molar-refractivity contribution is 7.89. The molecule has 1 aliphatic heterocycles. The predicted molar refractivity (Wildman–Crippen MR) is 104 cm³/mol. The molecule has 1 atom stereocenters. The number of carbonyl (C=O) groups is 2. The van der Waals surface area contributed by atoms with E-state index in [4.69, 9.17) is 4.74 Å². The van der Waals surface area contributed by atoms with Gasteiger partial charge in [-0.3, -0.25) is 9.59 Å². The highest BCUT2D eigenvalue weighted by Crippen LogP contribution is 2.27. The zero-order chi connectivity index (χ0) is 20.3. The van der Waals surface area contributed by atoms with E-state index < -0.39 is 22.0 Å². The molecule has 0 aliphatic carbocycles. The Morgan fingerprint density at radius 1 is 1.18 bits per heavy atom. The van der Waals surface area contributed by atoms with Crippen molar-refractivity contribution in [3.63, 3.8) is 0 Å². The first kappa shape index (κ1) is 20.0. The maximum Gasteiger partial charge on any atom is 0.307 e. The highest BCUT2D eigenvalue weighted by Gasteiger charge is 2.25. The second-order valence-corrected chi connectivity index (χ2v) is 8.45. The van der Waals surface area contributed by atoms with Crippen molar-refractivity contribution >= 4 is 27.6 Å². The number of nitrogens with one attached hydrogen (secondary N) is 2. The number of methoxy groups -OCH3 is 1. The lowest BCUT2D eigenvalue weighted by Crippen LogP contribution is -2.31. The van der Waals surface area contributed by atoms with Crippen LogP contribution in [0, 0.1) is 6.92 Å². The normalized spacial score (nSPS) is 14.7. The van der Waals surface area contributed by atoms with Gasteiger partial charge in [0.25, 0.3) is 0 Å². The average molecular weight is 402 g/mol. The van der Waals surface area contributed by atoms with E-state index in [-0.39, 0.29) is 17.2 Å². The number of carbonyl (C=O) groups excluding carboxylic acids is 2. The quantitative estimate of drug-likeness (QED) is 0.723. The van der Waals surface area contributed by atoms with E-state index in [9.17, 15) is 18.0 Å². The van der Waals surface area contributed by atoms with Gasteiger partial charge in [-0.25, -0.2) is 13.1 Å². The van der Waals surface area contributed by atoms with Gasteiger partial charge in [0.1, 0.15) is 0 Å². The number of benzene rings is 2. The molecule has 2 aromatic rings. The van der Waals surface area contributed by atoms with Crippen molar-refractivity contribution in [1.29, 1.82) is 0 Å². The smallest absolute Gasteiger partial charge is 0.307 e. The van der Waals surface area contributed by atoms with Crippen molar-refractivity contribution in [2.75, 3.05) is 12.4 Å². The lowest BCUT2D eigenvalue weighted by Gasteiger charge is -2.20. The molecule has 0 radical (unpaired) electrons. The molecule has 1 heterocycles. The van der Waals surface area contributed by atoms with Crippen LogP contribution < -0.4 is 10.0 Å². The molecular weight excluding hydrogens is 380 g/mol. The number of fused-ring (bicyclic) bond motifs is 1. The number of hydrogen-bond acceptors (Lipinski definition) is 5. The minimum Gasteiger partial charge on any atom is -0.469 e. The molecule has 0 saturated heterocycles. The number of hydrogen-bond donors (Lipinski definition) is 2. The molecule has 0 spiro atoms. The predicted octanol–water partition coefficient (Wildman–Crippen LogP) is 2.46. The van der Waals surface area contributed by atoms with E-state index in [1.54, 1.807) is 24.3 Å². The molecule has 28 heavy (non-hydrogen) atoms. The standard InChI is InChI=1S/C20H22N2O5S/c1-13-3-5-14(6-4-13)18(12-20(24)27-2)22-28(25,26)16-8-9-17-15(11-16)7-10-19(23)21-17/h3-6,8-9,11,18,22H,7,10,12H2,1-2H3,(H,21,23)/t18-/m1/s1. The summed E-state index contributed by atoms with van der Waals surface area (Å²) in [6.45, 7) is 1.93. The van der Waals surface area contributed by atoms with E-state index in [1.807, 2.05) is 19.1 Å². The van der Waals surface area contributed by atoms with Gasteiger partial charge in [-0.05, 0) is 42.7 Å². The van der Waals surface area contributed by atoms with Gasteiger partial charge in [0.15, 0.2) is 0 Å². The van der Waals surface area contributed by atoms with Gasteiger partial charge in [0.05, 0.1) is 24.5 Å². The number of sulfonamides is 1. The molecule has 1 aliphatic rings. The summed E-state index contributed by atoms with van der Waals surface area (Å²) in [6.07, 6.45) is 0.673. The number of aryl methyl sites for hydroxylation is 2. The van der Waals surface area contributed by atoms with Gasteiger partial charge in [0.2, 0.25) is 15.9 Å². The molecule has 0 fully saturated rings. The van der Waals surface area contributed by atoms with Crippen LogP contribution in [0.15, 0.2) is 47.4 Å². The second kappa shape index (κ2) is 8.12. The Morgan fingerprint density at radius 2 is 1.89 bits per heavy atom. The van der Waals surface area contributed by atoms with Crippen LogP contribution in [0.5, 0.6) is 0 Å². The number of anilines is 1. The summed E-state index contributed by atoms with van der Waals surface area (Å²) in [5, 5.41) is 2.73. The van der Waals surface area contributed by atoms with Crippen molar-refractivity contribution in [3.05, 3.63) is 59.2 Å². The van der Waals surface area contributed by atoms with Gasteiger partial charge < -0.3 is 10.1 Å². The highest BCUT2D eigenvalue weighted by atomic mass is 32.2. The van der Waals surface area contributed by atoms with E-state index in [0.717, 1.165) is 11.1 Å². The van der Waals surface area contributed by atoms with Crippen molar-refractivity contribution in [2.24, 2.45) is 0 Å². The maximum atomic E-state index is 13.0. The zero-order valence-electron chi connectivity index (χ0n) is 15.7. The molecule has 1 amide bonds. The summed E-state index contributed by atoms with van der Waals surface area (Å²) < 4.78 is 33.2. The van der Waals surface area contributed by atoms with Crippen LogP contribution >= 0.6 is 0 Å². The summed E-state index contributed by atoms with van der Waals surface area (Å²) in [5.74, 6) is -0.597. The van der Waals surface area contributed by atoms with Gasteiger partial charge in [0, 0.05) is 12.1 Å². The summed E-state index contributed by atoms with van der Waals surface area (Å²) in [5.41, 5.74) is 3.09. The monoisotopic (exact) mass is 402 g/mol. The number of ether oxygens (including phenoxy) is 1. The van der Waals surface area contributed by atoms with Crippen molar-refractivity contribution < 1.29 is 22.7 Å². The fourth-order valence-electron chi connectivity index (χ4n) is 3.06. The molecule has 2 aromatic carbocycles. The van der Waals surface area contributed by atoms with E-state index >= 15 is 0 Å². The van der Waals surface area contributed by atoms with Crippen molar-refractivity contribution in [2.45, 2.75) is 37.1 Å². The van der Waals surface area contributed by atoms with Gasteiger partial charge in [-0.1, -0.05) is 29.8 Å². The van der Waals surface area contributed by atoms with Crippen molar-refractivity contribution in [1.82, 2.24) is 4.72 Å². The zero-order valence-corrected chi connectivity index (χ0v) is 16.5. The molecule has 8 heteroatoms. The molecule has 7 nitrogen and oxygen atoms in total. The van der Waals surface area contributed by atoms with E-state index in [2.05, 4.69) is 10.0 Å². The molecular formula is C20H22N2O5S. The van der Waals surface area contributed by atoms with Gasteiger partial charge in [-0.15, -0.1) is 0 Å². The first-order valence-corrected chi connectivity index (χ1v) is 10.4. The Labute approximate surface area is 164 Å². The molecule has 0 unspecified atom stereocenters. The van der Waals surface area contributed by atoms with Crippen LogP contribution in [0.4, 0.5) is 5.69 Å². The number of rotatable bonds is 6. The topological polar surface area (TPSA) is 102 Å². The number of esters is 1. The Bertz CT molecular complexity index is 1000. The minimum absolute atomic E-state index is 0.0845. The number of amides is 1. The van der Waals surface area contributed by atoms with Gasteiger partial charge in [-0.2, -0.15) is 0 Å². The summed E-state index contributed by atoms with van der Waals surface area (Å²) >= 11 is 0. The second-order valence-electron chi connectivity index (χ2n) is 6.73. The average Bonchev–Trinajstić information content (AvgIpc) is 2.67. The lowest BCUT2D eigenvalue weighted by molar-refractivity contribution is -0.141. The first-order chi connectivity index (χ1) is 13.3. The van der Waals surface area contributed by atoms with Crippen LogP contribution in [0.25, 0.3) is 0 Å². The first-order valence-electron chi connectivity index (χ1n) is 8.87. The Hall–Kier alpha value is -2.71.